The Morgan fingerprint density at radius 3 is 2.11 bits per heavy atom. The summed E-state index contributed by atoms with van der Waals surface area (Å²) in [6.45, 7) is 0.145. The van der Waals surface area contributed by atoms with Gasteiger partial charge in [-0.3, -0.25) is 0 Å². The first kappa shape index (κ1) is 13.4. The fourth-order valence-electron chi connectivity index (χ4n) is 2.25. The van der Waals surface area contributed by atoms with E-state index in [-0.39, 0.29) is 18.7 Å². The molecule has 0 radical (unpaired) electrons. The summed E-state index contributed by atoms with van der Waals surface area (Å²) in [5.74, 6) is -1.73. The third-order valence-corrected chi connectivity index (χ3v) is 4.53. The van der Waals surface area contributed by atoms with E-state index in [0.29, 0.717) is 6.07 Å². The normalized spacial score (nSPS) is 20.2. The second-order valence-corrected chi connectivity index (χ2v) is 6.75. The first-order chi connectivity index (χ1) is 8.22. The van der Waals surface area contributed by atoms with Gasteiger partial charge < -0.3 is 10.4 Å². The number of hydrogen-bond acceptors (Lipinski definition) is 4. The summed E-state index contributed by atoms with van der Waals surface area (Å²) < 4.78 is 49.8. The molecule has 18 heavy (non-hydrogen) atoms. The minimum Gasteiger partial charge on any atom is -0.386 e. The minimum atomic E-state index is -3.69. The second-order valence-electron chi connectivity index (χ2n) is 4.62. The number of rotatable bonds is 3. The van der Waals surface area contributed by atoms with Crippen molar-refractivity contribution in [3.8, 4) is 0 Å². The fourth-order valence-corrected chi connectivity index (χ4v) is 3.84. The highest BCUT2D eigenvalue weighted by Gasteiger charge is 2.48. The topological polar surface area (TPSA) is 66.4 Å². The van der Waals surface area contributed by atoms with Crippen LogP contribution in [0.4, 0.5) is 8.78 Å². The summed E-state index contributed by atoms with van der Waals surface area (Å²) in [7, 11) is -3.69. The van der Waals surface area contributed by atoms with Crippen LogP contribution in [0, 0.1) is 11.6 Å². The van der Waals surface area contributed by atoms with Gasteiger partial charge in [-0.2, -0.15) is 0 Å². The van der Waals surface area contributed by atoms with Gasteiger partial charge in [0.2, 0.25) is 0 Å². The first-order valence-electron chi connectivity index (χ1n) is 5.30. The lowest BCUT2D eigenvalue weighted by molar-refractivity contribution is -0.0140. The molecular formula is C11H13F2NO3S. The average Bonchev–Trinajstić information content (AvgIpc) is 2.11. The summed E-state index contributed by atoms with van der Waals surface area (Å²) in [5, 5.41) is 11.6. The van der Waals surface area contributed by atoms with Crippen LogP contribution in [0.1, 0.15) is 10.8 Å². The van der Waals surface area contributed by atoms with E-state index >= 15 is 0 Å². The van der Waals surface area contributed by atoms with Crippen LogP contribution in [-0.4, -0.2) is 38.5 Å². The van der Waals surface area contributed by atoms with E-state index in [1.54, 1.807) is 0 Å². The molecule has 0 aromatic heterocycles. The number of sulfone groups is 1. The van der Waals surface area contributed by atoms with Crippen LogP contribution in [0.25, 0.3) is 0 Å². The summed E-state index contributed by atoms with van der Waals surface area (Å²) in [4.78, 5) is 0. The summed E-state index contributed by atoms with van der Waals surface area (Å²) >= 11 is 0. The zero-order valence-electron chi connectivity index (χ0n) is 9.65. The Morgan fingerprint density at radius 1 is 1.28 bits per heavy atom. The molecule has 1 unspecified atom stereocenters. The number of β-amino-alcohol motifs (C(OH)–C–C–N with tert-alkyl or cyclic N) is 1. The van der Waals surface area contributed by atoms with Crippen molar-refractivity contribution in [2.24, 2.45) is 0 Å². The van der Waals surface area contributed by atoms with Gasteiger partial charge in [-0.15, -0.1) is 0 Å². The molecule has 1 saturated heterocycles. The van der Waals surface area contributed by atoms with Crippen molar-refractivity contribution in [1.29, 1.82) is 0 Å². The number of halogens is 2. The molecule has 1 aliphatic rings. The smallest absolute Gasteiger partial charge is 0.157 e. The first-order valence-corrected chi connectivity index (χ1v) is 7.26. The van der Waals surface area contributed by atoms with E-state index in [9.17, 15) is 22.3 Å². The van der Waals surface area contributed by atoms with E-state index < -0.39 is 32.3 Å². The van der Waals surface area contributed by atoms with Crippen molar-refractivity contribution in [3.63, 3.8) is 0 Å². The van der Waals surface area contributed by atoms with Crippen molar-refractivity contribution in [1.82, 2.24) is 5.32 Å². The molecule has 1 aliphatic heterocycles. The number of hydrogen-bond donors (Lipinski definition) is 2. The Hall–Kier alpha value is -1.05. The largest absolute Gasteiger partial charge is 0.386 e. The van der Waals surface area contributed by atoms with E-state index in [4.69, 9.17) is 0 Å². The Kier molecular flexibility index (Phi) is 3.16. The van der Waals surface area contributed by atoms with Crippen LogP contribution >= 0.6 is 0 Å². The van der Waals surface area contributed by atoms with Crippen LogP contribution in [0.3, 0.4) is 0 Å². The third kappa shape index (κ3) is 2.38. The maximum Gasteiger partial charge on any atom is 0.157 e. The van der Waals surface area contributed by atoms with Gasteiger partial charge in [0.25, 0.3) is 0 Å². The summed E-state index contributed by atoms with van der Waals surface area (Å²) in [6.07, 6.45) is 0.941. The van der Waals surface area contributed by atoms with Crippen LogP contribution in [0.5, 0.6) is 0 Å². The van der Waals surface area contributed by atoms with Gasteiger partial charge in [0.15, 0.2) is 9.84 Å². The molecule has 0 bridgehead atoms. The molecule has 0 aliphatic carbocycles. The lowest BCUT2D eigenvalue weighted by Crippen LogP contribution is -2.64. The van der Waals surface area contributed by atoms with Gasteiger partial charge in [-0.05, 0) is 17.7 Å². The highest BCUT2D eigenvalue weighted by atomic mass is 32.2. The molecular weight excluding hydrogens is 264 g/mol. The van der Waals surface area contributed by atoms with Gasteiger partial charge >= 0.3 is 0 Å². The molecule has 1 aromatic rings. The number of nitrogens with one attached hydrogen (secondary N) is 1. The van der Waals surface area contributed by atoms with E-state index in [1.165, 1.54) is 0 Å². The van der Waals surface area contributed by atoms with Crippen LogP contribution < -0.4 is 5.32 Å². The summed E-state index contributed by atoms with van der Waals surface area (Å²) in [5.41, 5.74) is -1.59. The van der Waals surface area contributed by atoms with Crippen molar-refractivity contribution in [2.45, 2.75) is 10.9 Å². The zero-order valence-corrected chi connectivity index (χ0v) is 10.5. The molecule has 0 amide bonds. The monoisotopic (exact) mass is 277 g/mol. The van der Waals surface area contributed by atoms with Crippen LogP contribution in [0.2, 0.25) is 0 Å². The van der Waals surface area contributed by atoms with Gasteiger partial charge in [0, 0.05) is 25.4 Å². The van der Waals surface area contributed by atoms with Gasteiger partial charge in [0.1, 0.15) is 22.5 Å². The van der Waals surface area contributed by atoms with Crippen molar-refractivity contribution < 1.29 is 22.3 Å². The fraction of sp³-hybridized carbons (Fsp3) is 0.455. The van der Waals surface area contributed by atoms with Crippen LogP contribution in [0.15, 0.2) is 18.2 Å². The van der Waals surface area contributed by atoms with Gasteiger partial charge in [-0.25, -0.2) is 17.2 Å². The zero-order chi connectivity index (χ0) is 13.6. The molecule has 1 fully saturated rings. The molecule has 0 spiro atoms. The Balaban J connectivity index is 2.53. The predicted octanol–water partition coefficient (Wildman–Crippen LogP) is 0.385. The van der Waals surface area contributed by atoms with Gasteiger partial charge in [0.05, 0.1) is 0 Å². The van der Waals surface area contributed by atoms with Crippen molar-refractivity contribution in [3.05, 3.63) is 35.4 Å². The maximum absolute atomic E-state index is 13.2. The second kappa shape index (κ2) is 4.25. The summed E-state index contributed by atoms with van der Waals surface area (Å²) in [6, 6.07) is 2.53. The standard InChI is InChI=1S/C11H13F2NO3S/c1-18(16,17)10(11(15)5-14-6-11)7-2-8(12)4-9(13)3-7/h2-4,10,14-15H,5-6H2,1H3. The molecule has 2 rings (SSSR count). The van der Waals surface area contributed by atoms with Crippen molar-refractivity contribution in [2.75, 3.05) is 19.3 Å². The molecule has 4 nitrogen and oxygen atoms in total. The number of aliphatic hydroxyl groups is 1. The lowest BCUT2D eigenvalue weighted by atomic mass is 9.88. The quantitative estimate of drug-likeness (QED) is 0.838. The molecule has 1 atom stereocenters. The van der Waals surface area contributed by atoms with E-state index in [0.717, 1.165) is 18.4 Å². The Morgan fingerprint density at radius 2 is 1.78 bits per heavy atom. The molecule has 2 N–H and O–H groups in total. The molecule has 1 aromatic carbocycles. The SMILES string of the molecule is CS(=O)(=O)C(c1cc(F)cc(F)c1)C1(O)CNC1. The highest BCUT2D eigenvalue weighted by molar-refractivity contribution is 7.91. The Bertz CT molecular complexity index is 549. The Labute approximate surface area is 104 Å². The maximum atomic E-state index is 13.2. The van der Waals surface area contributed by atoms with E-state index in [2.05, 4.69) is 5.32 Å². The van der Waals surface area contributed by atoms with Crippen LogP contribution in [-0.2, 0) is 9.84 Å². The lowest BCUT2D eigenvalue weighted by Gasteiger charge is -2.43. The highest BCUT2D eigenvalue weighted by Crippen LogP contribution is 2.36. The van der Waals surface area contributed by atoms with E-state index in [1.807, 2.05) is 0 Å². The molecule has 100 valence electrons. The minimum absolute atomic E-state index is 0.0704. The number of benzene rings is 1. The van der Waals surface area contributed by atoms with Crippen molar-refractivity contribution >= 4 is 9.84 Å². The predicted molar refractivity (Wildman–Crippen MR) is 61.8 cm³/mol. The molecule has 1 heterocycles. The third-order valence-electron chi connectivity index (χ3n) is 2.97. The molecule has 7 heteroatoms. The molecule has 0 saturated carbocycles. The van der Waals surface area contributed by atoms with Gasteiger partial charge in [-0.1, -0.05) is 0 Å². The average molecular weight is 277 g/mol.